The van der Waals surface area contributed by atoms with Crippen molar-refractivity contribution in [3.8, 4) is 0 Å². The van der Waals surface area contributed by atoms with Crippen molar-refractivity contribution in [2.75, 3.05) is 19.5 Å². The van der Waals surface area contributed by atoms with Crippen molar-refractivity contribution in [3.63, 3.8) is 0 Å². The summed E-state index contributed by atoms with van der Waals surface area (Å²) in [5, 5.41) is 6.21. The van der Waals surface area contributed by atoms with Gasteiger partial charge in [-0.1, -0.05) is 41.6 Å². The topological polar surface area (TPSA) is 50.9 Å². The lowest BCUT2D eigenvalue weighted by Gasteiger charge is -2.17. The van der Waals surface area contributed by atoms with E-state index in [1.54, 1.807) is 18.9 Å². The monoisotopic (exact) mass is 404 g/mol. The Hall–Kier alpha value is -1.76. The third kappa shape index (κ3) is 4.75. The maximum absolute atomic E-state index is 6.34. The fraction of sp³-hybridized carbons (Fsp3) is 0.400. The molecule has 0 saturated heterocycles. The Kier molecular flexibility index (Phi) is 6.63. The highest BCUT2D eigenvalue weighted by Gasteiger charge is 2.19. The number of thioether (sulfide) groups is 1. The van der Waals surface area contributed by atoms with Crippen LogP contribution in [-0.4, -0.2) is 41.0 Å². The van der Waals surface area contributed by atoms with Crippen LogP contribution in [0.2, 0.25) is 5.02 Å². The summed E-state index contributed by atoms with van der Waals surface area (Å²) in [5.41, 5.74) is 8.81. The molecule has 27 heavy (non-hydrogen) atoms. The van der Waals surface area contributed by atoms with E-state index in [0.29, 0.717) is 6.61 Å². The summed E-state index contributed by atoms with van der Waals surface area (Å²) in [7, 11) is 1.69. The predicted molar refractivity (Wildman–Crippen MR) is 115 cm³/mol. The first kappa shape index (κ1) is 20.0. The highest BCUT2D eigenvalue weighted by molar-refractivity contribution is 8.14. The molecule has 0 saturated carbocycles. The van der Waals surface area contributed by atoms with Gasteiger partial charge in [0.25, 0.3) is 0 Å². The highest BCUT2D eigenvalue weighted by Crippen LogP contribution is 2.23. The van der Waals surface area contributed by atoms with Gasteiger partial charge in [0, 0.05) is 41.4 Å². The van der Waals surface area contributed by atoms with Gasteiger partial charge in [-0.05, 0) is 38.5 Å². The summed E-state index contributed by atoms with van der Waals surface area (Å²) >= 11 is 8.01. The molecule has 1 aliphatic heterocycles. The van der Waals surface area contributed by atoms with Crippen LogP contribution in [0, 0.1) is 13.8 Å². The van der Waals surface area contributed by atoms with Crippen LogP contribution in [0.1, 0.15) is 29.4 Å². The van der Waals surface area contributed by atoms with E-state index in [9.17, 15) is 0 Å². The Bertz CT molecular complexity index is 875. The molecule has 5 nitrogen and oxygen atoms in total. The number of aryl methyl sites for hydroxylation is 1. The maximum atomic E-state index is 6.34. The third-order valence-corrected chi connectivity index (χ3v) is 5.81. The van der Waals surface area contributed by atoms with Crippen LogP contribution in [0.15, 0.2) is 40.4 Å². The normalized spacial score (nSPS) is 16.9. The lowest BCUT2D eigenvalue weighted by atomic mass is 10.1. The van der Waals surface area contributed by atoms with Crippen molar-refractivity contribution < 1.29 is 4.74 Å². The molecule has 1 aromatic carbocycles. The van der Waals surface area contributed by atoms with Gasteiger partial charge in [0.1, 0.15) is 0 Å². The molecule has 144 valence electrons. The van der Waals surface area contributed by atoms with Crippen molar-refractivity contribution in [3.05, 3.63) is 57.9 Å². The number of benzene rings is 1. The zero-order valence-corrected chi connectivity index (χ0v) is 17.7. The molecule has 7 heteroatoms. The van der Waals surface area contributed by atoms with Crippen molar-refractivity contribution in [1.82, 2.24) is 9.99 Å². The molecular weight excluding hydrogens is 380 g/mol. The van der Waals surface area contributed by atoms with Crippen molar-refractivity contribution >= 4 is 34.2 Å². The van der Waals surface area contributed by atoms with Crippen LogP contribution in [-0.2, 0) is 11.3 Å². The van der Waals surface area contributed by atoms with Gasteiger partial charge in [0.05, 0.1) is 18.4 Å². The molecule has 0 amide bonds. The lowest BCUT2D eigenvalue weighted by molar-refractivity contribution is 0.186. The van der Waals surface area contributed by atoms with E-state index in [0.717, 1.165) is 33.8 Å². The molecule has 3 rings (SSSR count). The zero-order valence-electron chi connectivity index (χ0n) is 16.1. The van der Waals surface area contributed by atoms with E-state index < -0.39 is 0 Å². The summed E-state index contributed by atoms with van der Waals surface area (Å²) < 4.78 is 7.42. The Balaban J connectivity index is 1.79. The Morgan fingerprint density at radius 2 is 2.15 bits per heavy atom. The SMILES string of the molecule is COC[C@@H](C)N=C1NN=C(c2cc(C)n(Cc3ccccc3Cl)c2C)CS1. The number of nitrogens with one attached hydrogen (secondary N) is 1. The molecule has 0 fully saturated rings. The number of ether oxygens (including phenoxy) is 1. The second-order valence-electron chi connectivity index (χ2n) is 6.66. The summed E-state index contributed by atoms with van der Waals surface area (Å²) in [6.45, 7) is 7.64. The Morgan fingerprint density at radius 3 is 2.81 bits per heavy atom. The number of aromatic nitrogens is 1. The van der Waals surface area contributed by atoms with Gasteiger partial charge in [0.2, 0.25) is 0 Å². The number of hydrazone groups is 1. The van der Waals surface area contributed by atoms with E-state index in [2.05, 4.69) is 46.1 Å². The number of methoxy groups -OCH3 is 1. The van der Waals surface area contributed by atoms with Crippen LogP contribution in [0.3, 0.4) is 0 Å². The lowest BCUT2D eigenvalue weighted by Crippen LogP contribution is -2.27. The average Bonchev–Trinajstić information content (AvgIpc) is 2.92. The molecule has 1 atom stereocenters. The number of halogens is 1. The zero-order chi connectivity index (χ0) is 19.4. The molecule has 0 unspecified atom stereocenters. The van der Waals surface area contributed by atoms with Gasteiger partial charge in [-0.25, -0.2) is 0 Å². The summed E-state index contributed by atoms with van der Waals surface area (Å²) in [5.74, 6) is 0.794. The number of hydrogen-bond donors (Lipinski definition) is 1. The number of rotatable bonds is 6. The van der Waals surface area contributed by atoms with Gasteiger partial charge >= 0.3 is 0 Å². The van der Waals surface area contributed by atoms with Crippen LogP contribution in [0.4, 0.5) is 0 Å². The highest BCUT2D eigenvalue weighted by atomic mass is 35.5. The van der Waals surface area contributed by atoms with Gasteiger partial charge < -0.3 is 9.30 Å². The number of nitrogens with zero attached hydrogens (tertiary/aromatic N) is 3. The molecule has 0 radical (unpaired) electrons. The van der Waals surface area contributed by atoms with E-state index in [-0.39, 0.29) is 6.04 Å². The summed E-state index contributed by atoms with van der Waals surface area (Å²) in [6, 6.07) is 10.3. The molecule has 2 heterocycles. The fourth-order valence-electron chi connectivity index (χ4n) is 3.13. The van der Waals surface area contributed by atoms with Crippen molar-refractivity contribution in [2.45, 2.75) is 33.4 Å². The smallest absolute Gasteiger partial charge is 0.177 e. The van der Waals surface area contributed by atoms with E-state index in [4.69, 9.17) is 16.3 Å². The van der Waals surface area contributed by atoms with E-state index in [1.807, 2.05) is 25.1 Å². The first-order valence-electron chi connectivity index (χ1n) is 8.92. The van der Waals surface area contributed by atoms with Gasteiger partial charge in [-0.2, -0.15) is 5.10 Å². The molecule has 1 N–H and O–H groups in total. The molecule has 0 spiro atoms. The molecule has 0 bridgehead atoms. The first-order chi connectivity index (χ1) is 13.0. The quantitative estimate of drug-likeness (QED) is 0.783. The molecule has 2 aromatic rings. The van der Waals surface area contributed by atoms with Gasteiger partial charge in [-0.3, -0.25) is 10.4 Å². The minimum atomic E-state index is 0.113. The molecular formula is C20H25ClN4OS. The average molecular weight is 405 g/mol. The molecule has 1 aliphatic rings. The standard InChI is InChI=1S/C20H25ClN4OS/c1-13(11-26-4)22-20-24-23-19(12-27-20)17-9-14(2)25(15(17)3)10-16-7-5-6-8-18(16)21/h5-9,13H,10-12H2,1-4H3,(H,22,24)/t13-/m1/s1. The summed E-state index contributed by atoms with van der Waals surface area (Å²) in [4.78, 5) is 4.58. The van der Waals surface area contributed by atoms with Crippen LogP contribution >= 0.6 is 23.4 Å². The van der Waals surface area contributed by atoms with Crippen molar-refractivity contribution in [1.29, 1.82) is 0 Å². The van der Waals surface area contributed by atoms with Crippen LogP contribution in [0.5, 0.6) is 0 Å². The Morgan fingerprint density at radius 1 is 1.37 bits per heavy atom. The largest absolute Gasteiger partial charge is 0.382 e. The number of aliphatic imine (C=N–C) groups is 1. The minimum Gasteiger partial charge on any atom is -0.382 e. The van der Waals surface area contributed by atoms with Crippen LogP contribution in [0.25, 0.3) is 0 Å². The predicted octanol–water partition coefficient (Wildman–Crippen LogP) is 4.24. The minimum absolute atomic E-state index is 0.113. The van der Waals surface area contributed by atoms with E-state index in [1.165, 1.54) is 17.0 Å². The third-order valence-electron chi connectivity index (χ3n) is 4.55. The fourth-order valence-corrected chi connectivity index (χ4v) is 4.19. The maximum Gasteiger partial charge on any atom is 0.177 e. The van der Waals surface area contributed by atoms with Gasteiger partial charge in [-0.15, -0.1) is 0 Å². The second-order valence-corrected chi connectivity index (χ2v) is 8.03. The number of hydrogen-bond acceptors (Lipinski definition) is 4. The van der Waals surface area contributed by atoms with E-state index >= 15 is 0 Å². The van der Waals surface area contributed by atoms with Crippen molar-refractivity contribution in [2.24, 2.45) is 10.1 Å². The van der Waals surface area contributed by atoms with Gasteiger partial charge in [0.15, 0.2) is 5.17 Å². The number of amidine groups is 1. The second kappa shape index (κ2) is 8.95. The molecule has 1 aromatic heterocycles. The first-order valence-corrected chi connectivity index (χ1v) is 10.3. The van der Waals surface area contributed by atoms with Crippen LogP contribution < -0.4 is 5.43 Å². The summed E-state index contributed by atoms with van der Waals surface area (Å²) in [6.07, 6.45) is 0. The molecule has 0 aliphatic carbocycles. The Labute approximate surface area is 169 Å².